The van der Waals surface area contributed by atoms with Gasteiger partial charge in [0.05, 0.1) is 5.56 Å². The van der Waals surface area contributed by atoms with Gasteiger partial charge in [-0.1, -0.05) is 29.8 Å². The maximum Gasteiger partial charge on any atom is 0.256 e. The molecular formula is C15H13BrClNO. The fourth-order valence-electron chi connectivity index (χ4n) is 1.74. The Bertz CT molecular complexity index is 640. The maximum absolute atomic E-state index is 12.3. The predicted octanol–water partition coefficient (Wildman–Crippen LogP) is 4.97. The number of amides is 1. The van der Waals surface area contributed by atoms with Crippen molar-refractivity contribution < 1.29 is 4.79 Å². The number of halogens is 2. The summed E-state index contributed by atoms with van der Waals surface area (Å²) in [7, 11) is 0. The molecule has 0 heterocycles. The average molecular weight is 339 g/mol. The molecule has 0 radical (unpaired) electrons. The monoisotopic (exact) mass is 337 g/mol. The molecule has 1 N–H and O–H groups in total. The molecule has 0 unspecified atom stereocenters. The largest absolute Gasteiger partial charge is 0.322 e. The molecule has 0 aromatic heterocycles. The fraction of sp³-hybridized carbons (Fsp3) is 0.133. The number of carbonyl (C=O) groups is 1. The summed E-state index contributed by atoms with van der Waals surface area (Å²) >= 11 is 9.38. The Morgan fingerprint density at radius 2 is 1.89 bits per heavy atom. The van der Waals surface area contributed by atoms with E-state index in [1.807, 2.05) is 32.0 Å². The lowest BCUT2D eigenvalue weighted by Gasteiger charge is -2.11. The van der Waals surface area contributed by atoms with E-state index in [2.05, 4.69) is 21.2 Å². The number of benzene rings is 2. The molecule has 0 saturated carbocycles. The van der Waals surface area contributed by atoms with Crippen molar-refractivity contribution in [1.29, 1.82) is 0 Å². The van der Waals surface area contributed by atoms with Crippen LogP contribution in [0, 0.1) is 13.8 Å². The highest BCUT2D eigenvalue weighted by molar-refractivity contribution is 9.10. The molecule has 0 aliphatic carbocycles. The van der Waals surface area contributed by atoms with Crippen molar-refractivity contribution in [3.05, 3.63) is 62.6 Å². The lowest BCUT2D eigenvalue weighted by atomic mass is 10.1. The highest BCUT2D eigenvalue weighted by Crippen LogP contribution is 2.24. The third-order valence-electron chi connectivity index (χ3n) is 2.88. The molecule has 0 atom stereocenters. The van der Waals surface area contributed by atoms with Crippen LogP contribution in [0.4, 0.5) is 5.69 Å². The molecule has 0 saturated heterocycles. The van der Waals surface area contributed by atoms with Gasteiger partial charge in [0, 0.05) is 15.2 Å². The molecule has 2 aromatic carbocycles. The molecule has 98 valence electrons. The van der Waals surface area contributed by atoms with Crippen molar-refractivity contribution in [3.8, 4) is 0 Å². The standard InChI is InChI=1S/C15H13BrClNO/c1-9-6-7-11(17)8-13(9)18-15(19)12-5-3-4-10(2)14(12)16/h3-8H,1-2H3,(H,18,19). The molecular weight excluding hydrogens is 326 g/mol. The fourth-order valence-corrected chi connectivity index (χ4v) is 2.36. The molecule has 2 aromatic rings. The third kappa shape index (κ3) is 3.17. The van der Waals surface area contributed by atoms with E-state index < -0.39 is 0 Å². The quantitative estimate of drug-likeness (QED) is 0.823. The summed E-state index contributed by atoms with van der Waals surface area (Å²) < 4.78 is 0.812. The van der Waals surface area contributed by atoms with E-state index in [-0.39, 0.29) is 5.91 Å². The summed E-state index contributed by atoms with van der Waals surface area (Å²) in [4.78, 5) is 12.3. The first-order valence-electron chi connectivity index (χ1n) is 5.81. The van der Waals surface area contributed by atoms with Crippen LogP contribution >= 0.6 is 27.5 Å². The van der Waals surface area contributed by atoms with Crippen LogP contribution in [0.15, 0.2) is 40.9 Å². The number of anilines is 1. The Morgan fingerprint density at radius 1 is 1.16 bits per heavy atom. The summed E-state index contributed by atoms with van der Waals surface area (Å²) in [5.74, 6) is -0.152. The van der Waals surface area contributed by atoms with Gasteiger partial charge in [0.25, 0.3) is 5.91 Å². The summed E-state index contributed by atoms with van der Waals surface area (Å²) in [5, 5.41) is 3.48. The summed E-state index contributed by atoms with van der Waals surface area (Å²) in [6.45, 7) is 3.88. The topological polar surface area (TPSA) is 29.1 Å². The van der Waals surface area contributed by atoms with Gasteiger partial charge in [0.1, 0.15) is 0 Å². The van der Waals surface area contributed by atoms with Crippen LogP contribution in [-0.4, -0.2) is 5.91 Å². The van der Waals surface area contributed by atoms with Crippen LogP contribution in [-0.2, 0) is 0 Å². The van der Waals surface area contributed by atoms with E-state index in [1.165, 1.54) is 0 Å². The van der Waals surface area contributed by atoms with E-state index in [0.29, 0.717) is 10.6 Å². The van der Waals surface area contributed by atoms with Crippen LogP contribution in [0.25, 0.3) is 0 Å². The minimum absolute atomic E-state index is 0.152. The van der Waals surface area contributed by atoms with Crippen LogP contribution in [0.5, 0.6) is 0 Å². The van der Waals surface area contributed by atoms with Gasteiger partial charge in [-0.2, -0.15) is 0 Å². The molecule has 0 spiro atoms. The first-order chi connectivity index (χ1) is 8.99. The van der Waals surface area contributed by atoms with E-state index in [4.69, 9.17) is 11.6 Å². The second-order valence-corrected chi connectivity index (χ2v) is 5.58. The van der Waals surface area contributed by atoms with Crippen molar-refractivity contribution in [2.24, 2.45) is 0 Å². The van der Waals surface area contributed by atoms with Crippen LogP contribution in [0.3, 0.4) is 0 Å². The Balaban J connectivity index is 2.31. The van der Waals surface area contributed by atoms with Gasteiger partial charge in [-0.3, -0.25) is 4.79 Å². The van der Waals surface area contributed by atoms with Gasteiger partial charge in [0.2, 0.25) is 0 Å². The summed E-state index contributed by atoms with van der Waals surface area (Å²) in [5.41, 5.74) is 3.34. The van der Waals surface area contributed by atoms with Crippen molar-refractivity contribution in [3.63, 3.8) is 0 Å². The van der Waals surface area contributed by atoms with E-state index >= 15 is 0 Å². The van der Waals surface area contributed by atoms with Crippen LogP contribution < -0.4 is 5.32 Å². The number of aryl methyl sites for hydroxylation is 2. The first-order valence-corrected chi connectivity index (χ1v) is 6.99. The number of hydrogen-bond donors (Lipinski definition) is 1. The van der Waals surface area contributed by atoms with Gasteiger partial charge in [-0.15, -0.1) is 0 Å². The summed E-state index contributed by atoms with van der Waals surface area (Å²) in [6, 6.07) is 11.0. The number of rotatable bonds is 2. The summed E-state index contributed by atoms with van der Waals surface area (Å²) in [6.07, 6.45) is 0. The van der Waals surface area contributed by atoms with Crippen LogP contribution in [0.1, 0.15) is 21.5 Å². The van der Waals surface area contributed by atoms with Gasteiger partial charge >= 0.3 is 0 Å². The molecule has 2 rings (SSSR count). The zero-order chi connectivity index (χ0) is 14.0. The molecule has 2 nitrogen and oxygen atoms in total. The maximum atomic E-state index is 12.3. The minimum Gasteiger partial charge on any atom is -0.322 e. The Morgan fingerprint density at radius 3 is 2.63 bits per heavy atom. The van der Waals surface area contributed by atoms with Crippen LogP contribution in [0.2, 0.25) is 5.02 Å². The molecule has 4 heteroatoms. The highest BCUT2D eigenvalue weighted by atomic mass is 79.9. The van der Waals surface area contributed by atoms with E-state index in [0.717, 1.165) is 21.3 Å². The smallest absolute Gasteiger partial charge is 0.256 e. The van der Waals surface area contributed by atoms with Crippen molar-refractivity contribution >= 4 is 39.1 Å². The van der Waals surface area contributed by atoms with Crippen molar-refractivity contribution in [2.45, 2.75) is 13.8 Å². The second kappa shape index (κ2) is 5.76. The molecule has 19 heavy (non-hydrogen) atoms. The van der Waals surface area contributed by atoms with Gasteiger partial charge < -0.3 is 5.32 Å². The average Bonchev–Trinajstić information content (AvgIpc) is 2.37. The molecule has 0 fully saturated rings. The number of nitrogens with one attached hydrogen (secondary N) is 1. The number of carbonyl (C=O) groups excluding carboxylic acids is 1. The van der Waals surface area contributed by atoms with E-state index in [9.17, 15) is 4.79 Å². The lowest BCUT2D eigenvalue weighted by Crippen LogP contribution is -2.13. The van der Waals surface area contributed by atoms with Gasteiger partial charge in [-0.05, 0) is 59.1 Å². The normalized spacial score (nSPS) is 10.3. The highest BCUT2D eigenvalue weighted by Gasteiger charge is 2.12. The SMILES string of the molecule is Cc1ccc(Cl)cc1NC(=O)c1cccc(C)c1Br. The molecule has 1 amide bonds. The first kappa shape index (κ1) is 14.1. The Hall–Kier alpha value is -1.32. The zero-order valence-electron chi connectivity index (χ0n) is 10.6. The number of hydrogen-bond acceptors (Lipinski definition) is 1. The molecule has 0 bridgehead atoms. The third-order valence-corrected chi connectivity index (χ3v) is 4.17. The van der Waals surface area contributed by atoms with E-state index in [1.54, 1.807) is 18.2 Å². The Labute approximate surface area is 125 Å². The lowest BCUT2D eigenvalue weighted by molar-refractivity contribution is 0.102. The van der Waals surface area contributed by atoms with Crippen molar-refractivity contribution in [2.75, 3.05) is 5.32 Å². The Kier molecular flexibility index (Phi) is 4.27. The van der Waals surface area contributed by atoms with Gasteiger partial charge in [0.15, 0.2) is 0 Å². The second-order valence-electron chi connectivity index (χ2n) is 4.35. The van der Waals surface area contributed by atoms with Crippen molar-refractivity contribution in [1.82, 2.24) is 0 Å². The zero-order valence-corrected chi connectivity index (χ0v) is 13.0. The van der Waals surface area contributed by atoms with Gasteiger partial charge in [-0.25, -0.2) is 0 Å². The predicted molar refractivity (Wildman–Crippen MR) is 83.0 cm³/mol. The minimum atomic E-state index is -0.152. The molecule has 0 aliphatic heterocycles. The molecule has 0 aliphatic rings.